The van der Waals surface area contributed by atoms with Gasteiger partial charge in [-0.15, -0.1) is 0 Å². The van der Waals surface area contributed by atoms with E-state index in [4.69, 9.17) is 0 Å². The predicted molar refractivity (Wildman–Crippen MR) is 119 cm³/mol. The van der Waals surface area contributed by atoms with Crippen LogP contribution in [0.2, 0.25) is 0 Å². The number of hydrogen-bond acceptors (Lipinski definition) is 4. The number of rotatable bonds is 5. The maximum atomic E-state index is 13.5. The van der Waals surface area contributed by atoms with Gasteiger partial charge >= 0.3 is 0 Å². The summed E-state index contributed by atoms with van der Waals surface area (Å²) in [5.41, 5.74) is 2.89. The van der Waals surface area contributed by atoms with E-state index in [9.17, 15) is 17.6 Å². The molecule has 164 valence electrons. The summed E-state index contributed by atoms with van der Waals surface area (Å²) in [7, 11) is -3.35. The quantitative estimate of drug-likeness (QED) is 0.741. The van der Waals surface area contributed by atoms with Crippen molar-refractivity contribution in [1.29, 1.82) is 0 Å². The fraction of sp³-hybridized carbons (Fsp3) is 0.391. The third-order valence-corrected chi connectivity index (χ3v) is 6.47. The number of nitrogens with one attached hydrogen (secondary N) is 1. The largest absolute Gasteiger partial charge is 0.284 e. The molecule has 2 aromatic carbocycles. The number of hydrogen-bond donors (Lipinski definition) is 1. The van der Waals surface area contributed by atoms with Crippen LogP contribution in [-0.4, -0.2) is 31.3 Å². The highest BCUT2D eigenvalue weighted by atomic mass is 32.2. The summed E-state index contributed by atoms with van der Waals surface area (Å²) in [6.07, 6.45) is 6.64. The van der Waals surface area contributed by atoms with Crippen LogP contribution < -0.4 is 4.72 Å². The second-order valence-electron chi connectivity index (χ2n) is 8.29. The van der Waals surface area contributed by atoms with Gasteiger partial charge in [-0.25, -0.2) is 17.8 Å². The maximum Gasteiger partial charge on any atom is 0.246 e. The first-order chi connectivity index (χ1) is 14.8. The minimum Gasteiger partial charge on any atom is -0.284 e. The van der Waals surface area contributed by atoms with Crippen molar-refractivity contribution >= 4 is 27.3 Å². The summed E-state index contributed by atoms with van der Waals surface area (Å²) in [5.74, 6) is -0.317. The average Bonchev–Trinajstić information content (AvgIpc) is 3.19. The molecular formula is C23H26FN3O3S. The van der Waals surface area contributed by atoms with E-state index in [0.717, 1.165) is 55.2 Å². The van der Waals surface area contributed by atoms with Gasteiger partial charge in [-0.2, -0.15) is 5.10 Å². The Morgan fingerprint density at radius 2 is 1.68 bits per heavy atom. The number of carbonyl (C=O) groups is 1. The van der Waals surface area contributed by atoms with Crippen LogP contribution in [-0.2, 0) is 14.8 Å². The van der Waals surface area contributed by atoms with Crippen molar-refractivity contribution in [1.82, 2.24) is 5.01 Å². The van der Waals surface area contributed by atoms with Gasteiger partial charge in [0.2, 0.25) is 15.9 Å². The molecule has 31 heavy (non-hydrogen) atoms. The number of hydrazone groups is 1. The van der Waals surface area contributed by atoms with Crippen LogP contribution in [0.3, 0.4) is 0 Å². The van der Waals surface area contributed by atoms with E-state index in [-0.39, 0.29) is 23.7 Å². The number of anilines is 1. The minimum atomic E-state index is -3.35. The van der Waals surface area contributed by atoms with E-state index in [1.54, 1.807) is 41.4 Å². The Bertz CT molecular complexity index is 1080. The number of benzene rings is 2. The van der Waals surface area contributed by atoms with Crippen molar-refractivity contribution in [3.8, 4) is 0 Å². The Hall–Kier alpha value is -2.74. The van der Waals surface area contributed by atoms with Crippen molar-refractivity contribution in [2.24, 2.45) is 11.0 Å². The van der Waals surface area contributed by atoms with Gasteiger partial charge in [0, 0.05) is 18.0 Å². The fourth-order valence-corrected chi connectivity index (χ4v) is 4.88. The standard InChI is InChI=1S/C23H26FN3O3S/c1-31(29,30)26-20-13-9-16(10-14-20)21-15-22(17-7-11-19(24)12-8-17)27(25-21)23(28)18-5-3-2-4-6-18/h7-14,18,22,26H,2-6,15H2,1H3. The van der Waals surface area contributed by atoms with Crippen molar-refractivity contribution in [3.05, 3.63) is 65.5 Å². The van der Waals surface area contributed by atoms with Crippen molar-refractivity contribution in [2.45, 2.75) is 44.6 Å². The lowest BCUT2D eigenvalue weighted by atomic mass is 9.88. The molecule has 1 aliphatic carbocycles. The number of nitrogens with zero attached hydrogens (tertiary/aromatic N) is 2. The summed E-state index contributed by atoms with van der Waals surface area (Å²) in [4.78, 5) is 13.3. The maximum absolute atomic E-state index is 13.5. The van der Waals surface area contributed by atoms with Crippen LogP contribution >= 0.6 is 0 Å². The molecule has 8 heteroatoms. The molecule has 6 nitrogen and oxygen atoms in total. The lowest BCUT2D eigenvalue weighted by Gasteiger charge is -2.28. The second-order valence-corrected chi connectivity index (χ2v) is 10.0. The highest BCUT2D eigenvalue weighted by Gasteiger charge is 2.36. The van der Waals surface area contributed by atoms with Crippen molar-refractivity contribution < 1.29 is 17.6 Å². The fourth-order valence-electron chi connectivity index (χ4n) is 4.31. The highest BCUT2D eigenvalue weighted by Crippen LogP contribution is 2.36. The zero-order valence-corrected chi connectivity index (χ0v) is 18.2. The van der Waals surface area contributed by atoms with Crippen molar-refractivity contribution in [3.63, 3.8) is 0 Å². The van der Waals surface area contributed by atoms with Gasteiger partial charge in [-0.1, -0.05) is 43.5 Å². The Kier molecular flexibility index (Phi) is 6.09. The minimum absolute atomic E-state index is 0.0267. The Morgan fingerprint density at radius 3 is 2.29 bits per heavy atom. The Labute approximate surface area is 182 Å². The number of halogens is 1. The Morgan fingerprint density at radius 1 is 1.03 bits per heavy atom. The lowest BCUT2D eigenvalue weighted by molar-refractivity contribution is -0.138. The first kappa shape index (κ1) is 21.5. The van der Waals surface area contributed by atoms with Gasteiger partial charge in [-0.3, -0.25) is 9.52 Å². The van der Waals surface area contributed by atoms with E-state index >= 15 is 0 Å². The van der Waals surface area contributed by atoms with Crippen LogP contribution in [0, 0.1) is 11.7 Å². The van der Waals surface area contributed by atoms with E-state index in [0.29, 0.717) is 12.1 Å². The normalized spacial score (nSPS) is 19.9. The molecule has 0 bridgehead atoms. The van der Waals surface area contributed by atoms with Gasteiger partial charge in [0.15, 0.2) is 0 Å². The van der Waals surface area contributed by atoms with Gasteiger partial charge in [-0.05, 0) is 48.2 Å². The molecule has 1 fully saturated rings. The highest BCUT2D eigenvalue weighted by molar-refractivity contribution is 7.92. The molecule has 2 aromatic rings. The third-order valence-electron chi connectivity index (χ3n) is 5.87. The van der Waals surface area contributed by atoms with Crippen LogP contribution in [0.1, 0.15) is 55.7 Å². The molecule has 0 aromatic heterocycles. The van der Waals surface area contributed by atoms with Crippen LogP contribution in [0.25, 0.3) is 0 Å². The number of sulfonamides is 1. The third kappa shape index (κ3) is 5.12. The molecule has 0 spiro atoms. The topological polar surface area (TPSA) is 78.8 Å². The first-order valence-corrected chi connectivity index (χ1v) is 12.4. The summed E-state index contributed by atoms with van der Waals surface area (Å²) >= 11 is 0. The summed E-state index contributed by atoms with van der Waals surface area (Å²) < 4.78 is 38.8. The number of carbonyl (C=O) groups excluding carboxylic acids is 1. The second kappa shape index (κ2) is 8.78. The molecule has 0 saturated heterocycles. The van der Waals surface area contributed by atoms with Gasteiger partial charge in [0.25, 0.3) is 0 Å². The van der Waals surface area contributed by atoms with E-state index in [1.165, 1.54) is 12.1 Å². The monoisotopic (exact) mass is 443 g/mol. The van der Waals surface area contributed by atoms with Crippen molar-refractivity contribution in [2.75, 3.05) is 11.0 Å². The van der Waals surface area contributed by atoms with E-state index in [2.05, 4.69) is 9.82 Å². The first-order valence-electron chi connectivity index (χ1n) is 10.5. The van der Waals surface area contributed by atoms with Gasteiger partial charge in [0.05, 0.1) is 18.0 Å². The SMILES string of the molecule is CS(=O)(=O)Nc1ccc(C2=NN(C(=O)C3CCCCC3)C(c3ccc(F)cc3)C2)cc1. The van der Waals surface area contributed by atoms with Crippen LogP contribution in [0.4, 0.5) is 10.1 Å². The Balaban J connectivity index is 1.62. The van der Waals surface area contributed by atoms with E-state index in [1.807, 2.05) is 0 Å². The van der Waals surface area contributed by atoms with Gasteiger partial charge in [0.1, 0.15) is 5.82 Å². The average molecular weight is 444 g/mol. The molecule has 1 N–H and O–H groups in total. The smallest absolute Gasteiger partial charge is 0.246 e. The molecule has 1 unspecified atom stereocenters. The molecule has 1 heterocycles. The molecule has 0 radical (unpaired) electrons. The van der Waals surface area contributed by atoms with Crippen LogP contribution in [0.15, 0.2) is 53.6 Å². The summed E-state index contributed by atoms with van der Waals surface area (Å²) in [5, 5.41) is 6.27. The number of amides is 1. The van der Waals surface area contributed by atoms with E-state index < -0.39 is 10.0 Å². The van der Waals surface area contributed by atoms with Crippen LogP contribution in [0.5, 0.6) is 0 Å². The molecule has 4 rings (SSSR count). The zero-order chi connectivity index (χ0) is 22.0. The molecule has 2 aliphatic rings. The molecule has 1 amide bonds. The predicted octanol–water partition coefficient (Wildman–Crippen LogP) is 4.46. The summed E-state index contributed by atoms with van der Waals surface area (Å²) in [6.45, 7) is 0. The molecule has 1 aliphatic heterocycles. The zero-order valence-electron chi connectivity index (χ0n) is 17.4. The lowest BCUT2D eigenvalue weighted by Crippen LogP contribution is -2.33. The van der Waals surface area contributed by atoms with Gasteiger partial charge < -0.3 is 0 Å². The molecular weight excluding hydrogens is 417 g/mol. The molecule has 1 saturated carbocycles. The molecule has 1 atom stereocenters. The summed E-state index contributed by atoms with van der Waals surface area (Å²) in [6, 6.07) is 12.9.